The summed E-state index contributed by atoms with van der Waals surface area (Å²) in [5.74, 6) is -0.487. The fraction of sp³-hybridized carbons (Fsp3) is 0.263. The van der Waals surface area contributed by atoms with Crippen LogP contribution in [0.4, 0.5) is 5.69 Å². The standard InChI is InChI=1S/C19H21ClN2O2S/c1-4-17(14-8-6-5-7-12(14)2)22-19(25)21-13-9-10-16(20)15(11-13)18(23)24-3/h5-11,17H,4H2,1-3H3,(H2,21,22,25). The number of thiocarbonyl (C=S) groups is 1. The lowest BCUT2D eigenvalue weighted by Crippen LogP contribution is -2.32. The van der Waals surface area contributed by atoms with E-state index >= 15 is 0 Å². The van der Waals surface area contributed by atoms with Gasteiger partial charge in [0.1, 0.15) is 0 Å². The molecule has 4 nitrogen and oxygen atoms in total. The number of halogens is 1. The van der Waals surface area contributed by atoms with Crippen LogP contribution in [-0.2, 0) is 4.74 Å². The lowest BCUT2D eigenvalue weighted by molar-refractivity contribution is 0.0601. The molecule has 0 saturated carbocycles. The molecule has 0 aliphatic heterocycles. The molecule has 2 N–H and O–H groups in total. The van der Waals surface area contributed by atoms with E-state index in [-0.39, 0.29) is 6.04 Å². The van der Waals surface area contributed by atoms with E-state index in [0.29, 0.717) is 21.4 Å². The predicted molar refractivity (Wildman–Crippen MR) is 106 cm³/mol. The van der Waals surface area contributed by atoms with E-state index in [9.17, 15) is 4.79 Å². The van der Waals surface area contributed by atoms with E-state index in [4.69, 9.17) is 28.6 Å². The summed E-state index contributed by atoms with van der Waals surface area (Å²) >= 11 is 11.5. The number of esters is 1. The summed E-state index contributed by atoms with van der Waals surface area (Å²) < 4.78 is 4.73. The number of benzene rings is 2. The number of nitrogens with one attached hydrogen (secondary N) is 2. The molecule has 1 atom stereocenters. The zero-order valence-electron chi connectivity index (χ0n) is 14.4. The molecule has 0 heterocycles. The molecule has 0 aliphatic rings. The maximum absolute atomic E-state index is 11.7. The molecule has 2 rings (SSSR count). The molecule has 0 aromatic heterocycles. The van der Waals surface area contributed by atoms with Crippen molar-refractivity contribution in [2.24, 2.45) is 0 Å². The fourth-order valence-electron chi connectivity index (χ4n) is 2.57. The molecule has 132 valence electrons. The summed E-state index contributed by atoms with van der Waals surface area (Å²) in [6.45, 7) is 4.18. The smallest absolute Gasteiger partial charge is 0.339 e. The van der Waals surface area contributed by atoms with Crippen LogP contribution in [0.3, 0.4) is 0 Å². The Morgan fingerprint density at radius 1 is 1.28 bits per heavy atom. The highest BCUT2D eigenvalue weighted by atomic mass is 35.5. The number of rotatable bonds is 5. The van der Waals surface area contributed by atoms with Crippen molar-refractivity contribution in [3.8, 4) is 0 Å². The monoisotopic (exact) mass is 376 g/mol. The number of aryl methyl sites for hydroxylation is 1. The Kier molecular flexibility index (Phi) is 6.79. The highest BCUT2D eigenvalue weighted by Crippen LogP contribution is 2.23. The minimum atomic E-state index is -0.487. The van der Waals surface area contributed by atoms with Crippen LogP contribution in [-0.4, -0.2) is 18.2 Å². The Bertz CT molecular complexity index is 780. The highest BCUT2D eigenvalue weighted by molar-refractivity contribution is 7.80. The maximum atomic E-state index is 11.7. The average molecular weight is 377 g/mol. The first-order chi connectivity index (χ1) is 12.0. The quantitative estimate of drug-likeness (QED) is 0.575. The molecule has 0 aliphatic carbocycles. The zero-order chi connectivity index (χ0) is 18.4. The molecule has 0 bridgehead atoms. The summed E-state index contributed by atoms with van der Waals surface area (Å²) in [6.07, 6.45) is 0.890. The second-order valence-corrected chi connectivity index (χ2v) is 6.42. The molecular weight excluding hydrogens is 356 g/mol. The van der Waals surface area contributed by atoms with Crippen molar-refractivity contribution in [2.45, 2.75) is 26.3 Å². The van der Waals surface area contributed by atoms with Crippen LogP contribution in [0.25, 0.3) is 0 Å². The van der Waals surface area contributed by atoms with Crippen molar-refractivity contribution in [2.75, 3.05) is 12.4 Å². The molecule has 0 radical (unpaired) electrons. The molecule has 2 aromatic carbocycles. The van der Waals surface area contributed by atoms with Crippen molar-refractivity contribution in [3.05, 3.63) is 64.2 Å². The number of anilines is 1. The SMILES string of the molecule is CCC(NC(=S)Nc1ccc(Cl)c(C(=O)OC)c1)c1ccccc1C. The Hall–Kier alpha value is -2.11. The molecule has 0 saturated heterocycles. The van der Waals surface area contributed by atoms with Crippen LogP contribution in [0.5, 0.6) is 0 Å². The normalized spacial score (nSPS) is 11.5. The van der Waals surface area contributed by atoms with Crippen LogP contribution >= 0.6 is 23.8 Å². The Balaban J connectivity index is 2.12. The van der Waals surface area contributed by atoms with Crippen molar-refractivity contribution in [3.63, 3.8) is 0 Å². The van der Waals surface area contributed by atoms with Gasteiger partial charge in [-0.25, -0.2) is 4.79 Å². The van der Waals surface area contributed by atoms with E-state index in [1.165, 1.54) is 18.2 Å². The van der Waals surface area contributed by atoms with Gasteiger partial charge in [-0.3, -0.25) is 0 Å². The van der Waals surface area contributed by atoms with Crippen LogP contribution in [0.15, 0.2) is 42.5 Å². The molecule has 2 aromatic rings. The van der Waals surface area contributed by atoms with Crippen LogP contribution in [0, 0.1) is 6.92 Å². The highest BCUT2D eigenvalue weighted by Gasteiger charge is 2.14. The van der Waals surface area contributed by atoms with E-state index < -0.39 is 5.97 Å². The number of hydrogen-bond donors (Lipinski definition) is 2. The van der Waals surface area contributed by atoms with E-state index in [1.54, 1.807) is 18.2 Å². The van der Waals surface area contributed by atoms with Crippen molar-refractivity contribution >= 4 is 40.6 Å². The van der Waals surface area contributed by atoms with Gasteiger partial charge < -0.3 is 15.4 Å². The number of methoxy groups -OCH3 is 1. The minimum Gasteiger partial charge on any atom is -0.465 e. The zero-order valence-corrected chi connectivity index (χ0v) is 16.0. The molecule has 0 fully saturated rings. The van der Waals surface area contributed by atoms with Gasteiger partial charge in [-0.15, -0.1) is 0 Å². The molecule has 0 spiro atoms. The van der Waals surface area contributed by atoms with E-state index in [1.807, 2.05) is 12.1 Å². The van der Waals surface area contributed by atoms with E-state index in [0.717, 1.165) is 6.42 Å². The van der Waals surface area contributed by atoms with Crippen molar-refractivity contribution < 1.29 is 9.53 Å². The second-order valence-electron chi connectivity index (χ2n) is 5.60. The first-order valence-corrected chi connectivity index (χ1v) is 8.75. The summed E-state index contributed by atoms with van der Waals surface area (Å²) in [5, 5.41) is 7.23. The largest absolute Gasteiger partial charge is 0.465 e. The minimum absolute atomic E-state index is 0.105. The average Bonchev–Trinajstić information content (AvgIpc) is 2.61. The lowest BCUT2D eigenvalue weighted by atomic mass is 10.00. The van der Waals surface area contributed by atoms with Gasteiger partial charge in [0.05, 0.1) is 23.7 Å². The Morgan fingerprint density at radius 2 is 2.00 bits per heavy atom. The maximum Gasteiger partial charge on any atom is 0.339 e. The Labute approximate surface area is 158 Å². The van der Waals surface area contributed by atoms with Gasteiger partial charge in [-0.1, -0.05) is 42.8 Å². The number of ether oxygens (including phenoxy) is 1. The van der Waals surface area contributed by atoms with Crippen LogP contribution in [0.1, 0.15) is 40.9 Å². The first-order valence-electron chi connectivity index (χ1n) is 7.97. The van der Waals surface area contributed by atoms with Gasteiger partial charge in [-0.2, -0.15) is 0 Å². The van der Waals surface area contributed by atoms with Gasteiger partial charge in [-0.05, 0) is 54.9 Å². The van der Waals surface area contributed by atoms with E-state index in [2.05, 4.69) is 36.6 Å². The molecular formula is C19H21ClN2O2S. The summed E-state index contributed by atoms with van der Waals surface area (Å²) in [5.41, 5.74) is 3.38. The summed E-state index contributed by atoms with van der Waals surface area (Å²) in [4.78, 5) is 11.7. The topological polar surface area (TPSA) is 50.4 Å². The molecule has 6 heteroatoms. The third-order valence-corrected chi connectivity index (χ3v) is 4.46. The van der Waals surface area contributed by atoms with Gasteiger partial charge >= 0.3 is 5.97 Å². The fourth-order valence-corrected chi connectivity index (χ4v) is 3.03. The summed E-state index contributed by atoms with van der Waals surface area (Å²) in [6, 6.07) is 13.3. The van der Waals surface area contributed by atoms with Gasteiger partial charge in [0.2, 0.25) is 0 Å². The predicted octanol–water partition coefficient (Wildman–Crippen LogP) is 4.87. The van der Waals surface area contributed by atoms with Gasteiger partial charge in [0.15, 0.2) is 5.11 Å². The number of carbonyl (C=O) groups is 1. The van der Waals surface area contributed by atoms with Gasteiger partial charge in [0, 0.05) is 5.69 Å². The van der Waals surface area contributed by atoms with Gasteiger partial charge in [0.25, 0.3) is 0 Å². The number of hydrogen-bond acceptors (Lipinski definition) is 3. The third-order valence-electron chi connectivity index (χ3n) is 3.91. The number of carbonyl (C=O) groups excluding carboxylic acids is 1. The van der Waals surface area contributed by atoms with Crippen molar-refractivity contribution in [1.82, 2.24) is 5.32 Å². The Morgan fingerprint density at radius 3 is 2.64 bits per heavy atom. The van der Waals surface area contributed by atoms with Crippen molar-refractivity contribution in [1.29, 1.82) is 0 Å². The molecule has 0 amide bonds. The first kappa shape index (κ1) is 19.2. The van der Waals surface area contributed by atoms with Crippen LogP contribution < -0.4 is 10.6 Å². The molecule has 25 heavy (non-hydrogen) atoms. The van der Waals surface area contributed by atoms with Crippen LogP contribution in [0.2, 0.25) is 5.02 Å². The lowest BCUT2D eigenvalue weighted by Gasteiger charge is -2.21. The third kappa shape index (κ3) is 4.94. The molecule has 1 unspecified atom stereocenters. The summed E-state index contributed by atoms with van der Waals surface area (Å²) in [7, 11) is 1.32. The second kappa shape index (κ2) is 8.83.